The molecule has 1 rings (SSSR count). The molecule has 1 aliphatic rings. The molecule has 1 aliphatic heterocycles. The van der Waals surface area contributed by atoms with Crippen molar-refractivity contribution in [1.82, 2.24) is 9.80 Å². The number of hydrogen-bond acceptors (Lipinski definition) is 2. The van der Waals surface area contributed by atoms with E-state index in [0.29, 0.717) is 5.88 Å². The molecular formula is C11H21ClN2. The fraction of sp³-hybridized carbons (Fsp3) is 0.818. The first-order chi connectivity index (χ1) is 6.45. The Morgan fingerprint density at radius 1 is 1.43 bits per heavy atom. The second-order valence-electron chi connectivity index (χ2n) is 4.83. The van der Waals surface area contributed by atoms with Gasteiger partial charge in [-0.3, -0.25) is 9.80 Å². The molecule has 1 fully saturated rings. The molecule has 0 aromatic carbocycles. The van der Waals surface area contributed by atoms with Crippen LogP contribution in [0.3, 0.4) is 0 Å². The maximum absolute atomic E-state index is 5.73. The highest BCUT2D eigenvalue weighted by Crippen LogP contribution is 2.19. The Labute approximate surface area is 92.5 Å². The lowest BCUT2D eigenvalue weighted by atomic mass is 9.99. The molecule has 0 saturated carbocycles. The molecule has 0 N–H and O–H groups in total. The Morgan fingerprint density at radius 3 is 2.57 bits per heavy atom. The van der Waals surface area contributed by atoms with E-state index in [1.165, 1.54) is 0 Å². The third-order valence-electron chi connectivity index (χ3n) is 3.03. The smallest absolute Gasteiger partial charge is 0.0443 e. The maximum atomic E-state index is 5.73. The van der Waals surface area contributed by atoms with Gasteiger partial charge in [-0.2, -0.15) is 0 Å². The molecule has 3 heteroatoms. The minimum Gasteiger partial charge on any atom is -0.299 e. The van der Waals surface area contributed by atoms with Crippen LogP contribution in [0.25, 0.3) is 0 Å². The van der Waals surface area contributed by atoms with Crippen molar-refractivity contribution in [2.45, 2.75) is 19.4 Å². The van der Waals surface area contributed by atoms with Gasteiger partial charge in [0.05, 0.1) is 0 Å². The Kier molecular flexibility index (Phi) is 3.99. The summed E-state index contributed by atoms with van der Waals surface area (Å²) in [6, 6.07) is 0. The van der Waals surface area contributed by atoms with E-state index in [0.717, 1.165) is 31.8 Å². The average molecular weight is 217 g/mol. The van der Waals surface area contributed by atoms with Crippen molar-refractivity contribution in [1.29, 1.82) is 0 Å². The van der Waals surface area contributed by atoms with E-state index in [9.17, 15) is 0 Å². The minimum atomic E-state index is 0.269. The van der Waals surface area contributed by atoms with Gasteiger partial charge in [0.1, 0.15) is 0 Å². The number of likely N-dealkylation sites (N-methyl/N-ethyl adjacent to an activating group) is 1. The summed E-state index contributed by atoms with van der Waals surface area (Å²) in [6.45, 7) is 12.8. The molecule has 0 spiro atoms. The molecule has 0 unspecified atom stereocenters. The quantitative estimate of drug-likeness (QED) is 0.525. The number of rotatable bonds is 3. The number of nitrogens with zero attached hydrogens (tertiary/aromatic N) is 2. The van der Waals surface area contributed by atoms with Crippen LogP contribution in [0.4, 0.5) is 0 Å². The summed E-state index contributed by atoms with van der Waals surface area (Å²) in [7, 11) is 2.19. The van der Waals surface area contributed by atoms with Crippen LogP contribution in [-0.2, 0) is 0 Å². The van der Waals surface area contributed by atoms with Gasteiger partial charge < -0.3 is 0 Å². The summed E-state index contributed by atoms with van der Waals surface area (Å²) in [5.74, 6) is 0.576. The number of halogens is 1. The highest BCUT2D eigenvalue weighted by Gasteiger charge is 2.30. The molecule has 0 aromatic heterocycles. The van der Waals surface area contributed by atoms with Crippen LogP contribution in [-0.4, -0.2) is 54.4 Å². The van der Waals surface area contributed by atoms with Crippen molar-refractivity contribution in [2.24, 2.45) is 0 Å². The average Bonchev–Trinajstić information content (AvgIpc) is 2.11. The highest BCUT2D eigenvalue weighted by atomic mass is 35.5. The first-order valence-corrected chi connectivity index (χ1v) is 5.65. The fourth-order valence-electron chi connectivity index (χ4n) is 1.83. The van der Waals surface area contributed by atoms with E-state index in [1.54, 1.807) is 0 Å². The zero-order valence-corrected chi connectivity index (χ0v) is 10.3. The molecule has 0 bridgehead atoms. The maximum Gasteiger partial charge on any atom is 0.0443 e. The van der Waals surface area contributed by atoms with Crippen LogP contribution in [0.5, 0.6) is 0 Å². The van der Waals surface area contributed by atoms with Crippen LogP contribution in [0.2, 0.25) is 0 Å². The number of hydrogen-bond donors (Lipinski definition) is 0. The predicted molar refractivity (Wildman–Crippen MR) is 63.0 cm³/mol. The lowest BCUT2D eigenvalue weighted by Gasteiger charge is -2.45. The van der Waals surface area contributed by atoms with Crippen molar-refractivity contribution in [3.05, 3.63) is 12.2 Å². The lowest BCUT2D eigenvalue weighted by molar-refractivity contribution is 0.0452. The number of piperazine rings is 1. The molecule has 0 aromatic rings. The van der Waals surface area contributed by atoms with Gasteiger partial charge in [0.2, 0.25) is 0 Å². The van der Waals surface area contributed by atoms with Crippen LogP contribution >= 0.6 is 11.6 Å². The molecule has 0 radical (unpaired) electrons. The largest absolute Gasteiger partial charge is 0.299 e. The van der Waals surface area contributed by atoms with Gasteiger partial charge in [0.15, 0.2) is 0 Å². The first kappa shape index (κ1) is 12.0. The Hall–Kier alpha value is -0.0500. The molecule has 14 heavy (non-hydrogen) atoms. The minimum absolute atomic E-state index is 0.269. The van der Waals surface area contributed by atoms with E-state index in [1.807, 2.05) is 0 Å². The molecule has 1 heterocycles. The van der Waals surface area contributed by atoms with Crippen LogP contribution in [0.15, 0.2) is 12.2 Å². The number of alkyl halides is 1. The topological polar surface area (TPSA) is 6.48 Å². The Morgan fingerprint density at radius 2 is 2.07 bits per heavy atom. The van der Waals surface area contributed by atoms with Gasteiger partial charge in [0, 0.05) is 37.6 Å². The molecular weight excluding hydrogens is 196 g/mol. The van der Waals surface area contributed by atoms with Crippen molar-refractivity contribution in [2.75, 3.05) is 39.1 Å². The zero-order chi connectivity index (χ0) is 10.8. The predicted octanol–water partition coefficient (Wildman–Crippen LogP) is 1.81. The van der Waals surface area contributed by atoms with Gasteiger partial charge in [-0.05, 0) is 26.5 Å². The standard InChI is InChI=1S/C11H21ClN2/c1-10(7-12)8-14-6-5-13(4)11(2,3)9-14/h1,5-9H2,2-4H3. The summed E-state index contributed by atoms with van der Waals surface area (Å²) in [4.78, 5) is 4.84. The van der Waals surface area contributed by atoms with E-state index in [4.69, 9.17) is 11.6 Å². The molecule has 0 atom stereocenters. The fourth-order valence-corrected chi connectivity index (χ4v) is 1.92. The van der Waals surface area contributed by atoms with Crippen LogP contribution in [0.1, 0.15) is 13.8 Å². The van der Waals surface area contributed by atoms with Gasteiger partial charge in [-0.25, -0.2) is 0 Å². The van der Waals surface area contributed by atoms with Crippen molar-refractivity contribution >= 4 is 11.6 Å². The molecule has 0 aliphatic carbocycles. The van der Waals surface area contributed by atoms with Gasteiger partial charge >= 0.3 is 0 Å². The third kappa shape index (κ3) is 2.97. The third-order valence-corrected chi connectivity index (χ3v) is 3.41. The SMILES string of the molecule is C=C(CCl)CN1CCN(C)C(C)(C)C1. The van der Waals surface area contributed by atoms with Crippen molar-refractivity contribution < 1.29 is 0 Å². The van der Waals surface area contributed by atoms with Gasteiger partial charge in [-0.15, -0.1) is 11.6 Å². The first-order valence-electron chi connectivity index (χ1n) is 5.12. The van der Waals surface area contributed by atoms with E-state index < -0.39 is 0 Å². The van der Waals surface area contributed by atoms with Crippen molar-refractivity contribution in [3.8, 4) is 0 Å². The van der Waals surface area contributed by atoms with Gasteiger partial charge in [-0.1, -0.05) is 6.58 Å². The summed E-state index contributed by atoms with van der Waals surface area (Å²) >= 11 is 5.73. The lowest BCUT2D eigenvalue weighted by Crippen LogP contribution is -2.57. The monoisotopic (exact) mass is 216 g/mol. The second-order valence-corrected chi connectivity index (χ2v) is 5.10. The van der Waals surface area contributed by atoms with Gasteiger partial charge in [0.25, 0.3) is 0 Å². The Balaban J connectivity index is 2.47. The zero-order valence-electron chi connectivity index (χ0n) is 9.52. The van der Waals surface area contributed by atoms with Crippen LogP contribution in [0, 0.1) is 0 Å². The summed E-state index contributed by atoms with van der Waals surface area (Å²) in [5.41, 5.74) is 1.39. The second kappa shape index (κ2) is 4.65. The molecule has 0 amide bonds. The van der Waals surface area contributed by atoms with E-state index in [2.05, 4.69) is 37.3 Å². The highest BCUT2D eigenvalue weighted by molar-refractivity contribution is 6.19. The van der Waals surface area contributed by atoms with E-state index >= 15 is 0 Å². The summed E-state index contributed by atoms with van der Waals surface area (Å²) < 4.78 is 0. The summed E-state index contributed by atoms with van der Waals surface area (Å²) in [5, 5.41) is 0. The molecule has 1 saturated heterocycles. The summed E-state index contributed by atoms with van der Waals surface area (Å²) in [6.07, 6.45) is 0. The molecule has 82 valence electrons. The normalized spacial score (nSPS) is 23.7. The Bertz CT molecular complexity index is 213. The van der Waals surface area contributed by atoms with Crippen molar-refractivity contribution in [3.63, 3.8) is 0 Å². The molecule has 2 nitrogen and oxygen atoms in total. The van der Waals surface area contributed by atoms with E-state index in [-0.39, 0.29) is 5.54 Å². The van der Waals surface area contributed by atoms with Crippen LogP contribution < -0.4 is 0 Å².